The van der Waals surface area contributed by atoms with Crippen LogP contribution in [0.4, 0.5) is 11.5 Å². The Balaban J connectivity index is 1.45. The lowest BCUT2D eigenvalue weighted by Crippen LogP contribution is -2.32. The fourth-order valence-corrected chi connectivity index (χ4v) is 3.44. The standard InChI is InChI=1S/C26H24N4O2/c1-30(22-13-11-20(12-14-22)19-5-3-2-4-6-19)25-17-28-24(16-29-25)21-9-7-18(8-10-21)15-23(27)26(31)32/h2-14,16-17,23H,15,27H2,1H3,(H,31,32)/t23-/m0/s1. The number of benzene rings is 3. The number of hydrogen-bond donors (Lipinski definition) is 2. The molecule has 0 saturated heterocycles. The molecule has 6 nitrogen and oxygen atoms in total. The number of carbonyl (C=O) groups is 1. The molecule has 1 atom stereocenters. The van der Waals surface area contributed by atoms with E-state index in [2.05, 4.69) is 46.4 Å². The van der Waals surface area contributed by atoms with Gasteiger partial charge in [0.05, 0.1) is 18.1 Å². The van der Waals surface area contributed by atoms with Crippen LogP contribution in [0.5, 0.6) is 0 Å². The van der Waals surface area contributed by atoms with Gasteiger partial charge in [0, 0.05) is 18.3 Å². The first-order valence-electron chi connectivity index (χ1n) is 10.3. The lowest BCUT2D eigenvalue weighted by atomic mass is 10.0. The molecule has 3 aromatic carbocycles. The molecule has 0 bridgehead atoms. The highest BCUT2D eigenvalue weighted by Gasteiger charge is 2.12. The summed E-state index contributed by atoms with van der Waals surface area (Å²) in [5.74, 6) is -0.264. The number of rotatable bonds is 7. The minimum Gasteiger partial charge on any atom is -0.480 e. The summed E-state index contributed by atoms with van der Waals surface area (Å²) in [6.07, 6.45) is 3.77. The van der Waals surface area contributed by atoms with Crippen molar-refractivity contribution in [1.82, 2.24) is 9.97 Å². The normalized spacial score (nSPS) is 11.7. The van der Waals surface area contributed by atoms with Crippen LogP contribution in [0.3, 0.4) is 0 Å². The van der Waals surface area contributed by atoms with E-state index in [0.29, 0.717) is 0 Å². The van der Waals surface area contributed by atoms with Crippen LogP contribution < -0.4 is 10.6 Å². The van der Waals surface area contributed by atoms with Gasteiger partial charge >= 0.3 is 5.97 Å². The molecule has 4 rings (SSSR count). The van der Waals surface area contributed by atoms with Crippen molar-refractivity contribution in [3.05, 3.63) is 96.8 Å². The molecule has 0 amide bonds. The van der Waals surface area contributed by atoms with Gasteiger partial charge in [0.1, 0.15) is 6.04 Å². The molecule has 0 saturated carbocycles. The quantitative estimate of drug-likeness (QED) is 0.453. The molecule has 6 heteroatoms. The van der Waals surface area contributed by atoms with Gasteiger partial charge in [-0.1, -0.05) is 66.7 Å². The topological polar surface area (TPSA) is 92.3 Å². The van der Waals surface area contributed by atoms with Crippen molar-refractivity contribution in [2.75, 3.05) is 11.9 Å². The third-order valence-electron chi connectivity index (χ3n) is 5.37. The predicted molar refractivity (Wildman–Crippen MR) is 127 cm³/mol. The Bertz CT molecular complexity index is 1180. The number of aliphatic carboxylic acids is 1. The van der Waals surface area contributed by atoms with Crippen molar-refractivity contribution < 1.29 is 9.90 Å². The van der Waals surface area contributed by atoms with Crippen molar-refractivity contribution >= 4 is 17.5 Å². The zero-order chi connectivity index (χ0) is 22.5. The Hall–Kier alpha value is -4.03. The monoisotopic (exact) mass is 424 g/mol. The van der Waals surface area contributed by atoms with Crippen molar-refractivity contribution in [1.29, 1.82) is 0 Å². The molecular weight excluding hydrogens is 400 g/mol. The molecule has 0 radical (unpaired) electrons. The van der Waals surface area contributed by atoms with E-state index in [1.165, 1.54) is 5.56 Å². The zero-order valence-electron chi connectivity index (χ0n) is 17.7. The van der Waals surface area contributed by atoms with E-state index in [0.717, 1.165) is 33.9 Å². The number of aromatic nitrogens is 2. The van der Waals surface area contributed by atoms with E-state index >= 15 is 0 Å². The van der Waals surface area contributed by atoms with Gasteiger partial charge in [-0.05, 0) is 35.2 Å². The number of nitrogens with two attached hydrogens (primary N) is 1. The summed E-state index contributed by atoms with van der Waals surface area (Å²) in [4.78, 5) is 22.0. The van der Waals surface area contributed by atoms with Crippen molar-refractivity contribution in [3.63, 3.8) is 0 Å². The first kappa shape index (κ1) is 21.2. The second kappa shape index (κ2) is 9.41. The summed E-state index contributed by atoms with van der Waals surface area (Å²) in [5.41, 5.74) is 11.5. The molecule has 32 heavy (non-hydrogen) atoms. The van der Waals surface area contributed by atoms with Gasteiger partial charge in [0.2, 0.25) is 0 Å². The molecule has 0 aliphatic carbocycles. The SMILES string of the molecule is CN(c1ccc(-c2ccccc2)cc1)c1cnc(-c2ccc(C[C@H](N)C(=O)O)cc2)cn1. The van der Waals surface area contributed by atoms with Crippen LogP contribution in [0.2, 0.25) is 0 Å². The molecule has 4 aromatic rings. The molecule has 0 aliphatic heterocycles. The van der Waals surface area contributed by atoms with E-state index < -0.39 is 12.0 Å². The van der Waals surface area contributed by atoms with Crippen LogP contribution in [0, 0.1) is 0 Å². The second-order valence-electron chi connectivity index (χ2n) is 7.58. The summed E-state index contributed by atoms with van der Waals surface area (Å²) in [6, 6.07) is 25.2. The van der Waals surface area contributed by atoms with Crippen LogP contribution in [-0.2, 0) is 11.2 Å². The van der Waals surface area contributed by atoms with Crippen LogP contribution in [0.1, 0.15) is 5.56 Å². The van der Waals surface area contributed by atoms with Crippen LogP contribution in [-0.4, -0.2) is 34.1 Å². The summed E-state index contributed by atoms with van der Waals surface area (Å²) in [7, 11) is 1.96. The molecule has 0 aliphatic rings. The van der Waals surface area contributed by atoms with Crippen LogP contribution in [0.15, 0.2) is 91.3 Å². The number of carboxylic acid groups (broad SMARTS) is 1. The van der Waals surface area contributed by atoms with E-state index in [-0.39, 0.29) is 6.42 Å². The zero-order valence-corrected chi connectivity index (χ0v) is 17.7. The van der Waals surface area contributed by atoms with Gasteiger partial charge in [-0.25, -0.2) is 4.98 Å². The Morgan fingerprint density at radius 2 is 1.50 bits per heavy atom. The minimum atomic E-state index is -1.01. The van der Waals surface area contributed by atoms with Gasteiger partial charge in [-0.3, -0.25) is 9.78 Å². The Morgan fingerprint density at radius 3 is 2.09 bits per heavy atom. The first-order chi connectivity index (χ1) is 15.5. The maximum Gasteiger partial charge on any atom is 0.320 e. The summed E-state index contributed by atoms with van der Waals surface area (Å²) in [5, 5.41) is 8.95. The van der Waals surface area contributed by atoms with Gasteiger partial charge in [-0.15, -0.1) is 0 Å². The van der Waals surface area contributed by atoms with Gasteiger partial charge in [0.25, 0.3) is 0 Å². The molecule has 1 aromatic heterocycles. The number of hydrogen-bond acceptors (Lipinski definition) is 5. The van der Waals surface area contributed by atoms with Crippen LogP contribution >= 0.6 is 0 Å². The molecule has 3 N–H and O–H groups in total. The number of carboxylic acids is 1. The number of nitrogens with zero attached hydrogens (tertiary/aromatic N) is 3. The maximum atomic E-state index is 10.9. The largest absolute Gasteiger partial charge is 0.480 e. The lowest BCUT2D eigenvalue weighted by molar-refractivity contribution is -0.138. The Labute approximate surface area is 187 Å². The van der Waals surface area contributed by atoms with Crippen molar-refractivity contribution in [2.45, 2.75) is 12.5 Å². The molecule has 1 heterocycles. The fourth-order valence-electron chi connectivity index (χ4n) is 3.44. The summed E-state index contributed by atoms with van der Waals surface area (Å²) >= 11 is 0. The molecule has 0 fully saturated rings. The first-order valence-corrected chi connectivity index (χ1v) is 10.3. The molecular formula is C26H24N4O2. The van der Waals surface area contributed by atoms with Crippen LogP contribution in [0.25, 0.3) is 22.4 Å². The van der Waals surface area contributed by atoms with E-state index in [9.17, 15) is 4.79 Å². The van der Waals surface area contributed by atoms with E-state index in [4.69, 9.17) is 10.8 Å². The highest BCUT2D eigenvalue weighted by Crippen LogP contribution is 2.26. The van der Waals surface area contributed by atoms with Gasteiger partial charge in [0.15, 0.2) is 5.82 Å². The van der Waals surface area contributed by atoms with Crippen molar-refractivity contribution in [2.24, 2.45) is 5.73 Å². The molecule has 0 unspecified atom stereocenters. The predicted octanol–water partition coefficient (Wildman–Crippen LogP) is 4.53. The van der Waals surface area contributed by atoms with Gasteiger partial charge < -0.3 is 15.7 Å². The Kier molecular flexibility index (Phi) is 6.24. The lowest BCUT2D eigenvalue weighted by Gasteiger charge is -2.18. The smallest absolute Gasteiger partial charge is 0.320 e. The fraction of sp³-hybridized carbons (Fsp3) is 0.115. The van der Waals surface area contributed by atoms with E-state index in [1.54, 1.807) is 12.4 Å². The van der Waals surface area contributed by atoms with Crippen molar-refractivity contribution in [3.8, 4) is 22.4 Å². The summed E-state index contributed by atoms with van der Waals surface area (Å²) < 4.78 is 0. The number of anilines is 2. The average molecular weight is 425 g/mol. The average Bonchev–Trinajstić information content (AvgIpc) is 2.85. The third-order valence-corrected chi connectivity index (χ3v) is 5.37. The maximum absolute atomic E-state index is 10.9. The minimum absolute atomic E-state index is 0.286. The second-order valence-corrected chi connectivity index (χ2v) is 7.58. The highest BCUT2D eigenvalue weighted by atomic mass is 16.4. The third kappa shape index (κ3) is 4.82. The molecule has 0 spiro atoms. The Morgan fingerprint density at radius 1 is 0.875 bits per heavy atom. The summed E-state index contributed by atoms with van der Waals surface area (Å²) in [6.45, 7) is 0. The highest BCUT2D eigenvalue weighted by molar-refractivity contribution is 5.73. The molecule has 160 valence electrons. The van der Waals surface area contributed by atoms with Gasteiger partial charge in [-0.2, -0.15) is 0 Å². The van der Waals surface area contributed by atoms with E-state index in [1.807, 2.05) is 54.4 Å².